The van der Waals surface area contributed by atoms with Crippen molar-refractivity contribution in [2.75, 3.05) is 22.5 Å². The summed E-state index contributed by atoms with van der Waals surface area (Å²) in [5, 5.41) is 9.00. The Balaban J connectivity index is 1.26. The van der Waals surface area contributed by atoms with E-state index in [0.717, 1.165) is 41.1 Å². The van der Waals surface area contributed by atoms with Crippen LogP contribution >= 0.6 is 0 Å². The zero-order valence-corrected chi connectivity index (χ0v) is 18.1. The van der Waals surface area contributed by atoms with Crippen LogP contribution in [0.5, 0.6) is 5.75 Å². The summed E-state index contributed by atoms with van der Waals surface area (Å²) >= 11 is 0. The molecule has 1 saturated carbocycles. The van der Waals surface area contributed by atoms with E-state index in [1.807, 2.05) is 79.7 Å². The molecule has 0 aliphatic heterocycles. The largest absolute Gasteiger partial charge is 0.489 e. The predicted octanol–water partition coefficient (Wildman–Crippen LogP) is 4.97. The summed E-state index contributed by atoms with van der Waals surface area (Å²) in [6.45, 7) is 2.54. The topological polar surface area (TPSA) is 79.5 Å². The molecule has 6 nitrogen and oxygen atoms in total. The third-order valence-electron chi connectivity index (χ3n) is 5.37. The third-order valence-corrected chi connectivity index (χ3v) is 5.37. The Morgan fingerprint density at radius 3 is 2.31 bits per heavy atom. The van der Waals surface area contributed by atoms with Gasteiger partial charge in [-0.25, -0.2) is 0 Å². The SMILES string of the molecule is Cc1c(NCC(=O)Nc2ccc(OCc3ccccc3)cc2)cccc1NC(=O)C1CC1. The van der Waals surface area contributed by atoms with Crippen molar-refractivity contribution in [3.8, 4) is 5.75 Å². The van der Waals surface area contributed by atoms with Crippen LogP contribution in [0.1, 0.15) is 24.0 Å². The average molecular weight is 430 g/mol. The van der Waals surface area contributed by atoms with E-state index in [2.05, 4.69) is 16.0 Å². The first kappa shape index (κ1) is 21.4. The molecule has 0 aromatic heterocycles. The number of benzene rings is 3. The Labute approximate surface area is 188 Å². The molecule has 1 aliphatic rings. The average Bonchev–Trinajstić information content (AvgIpc) is 3.66. The van der Waals surface area contributed by atoms with Crippen molar-refractivity contribution >= 4 is 28.9 Å². The van der Waals surface area contributed by atoms with Gasteiger partial charge in [-0.3, -0.25) is 9.59 Å². The Hall–Kier alpha value is -3.80. The van der Waals surface area contributed by atoms with E-state index in [0.29, 0.717) is 12.3 Å². The highest BCUT2D eigenvalue weighted by Crippen LogP contribution is 2.31. The predicted molar refractivity (Wildman–Crippen MR) is 127 cm³/mol. The van der Waals surface area contributed by atoms with E-state index >= 15 is 0 Å². The van der Waals surface area contributed by atoms with E-state index in [4.69, 9.17) is 4.74 Å². The highest BCUT2D eigenvalue weighted by atomic mass is 16.5. The minimum atomic E-state index is -0.158. The van der Waals surface area contributed by atoms with Crippen molar-refractivity contribution in [1.82, 2.24) is 0 Å². The number of hydrogen-bond acceptors (Lipinski definition) is 4. The van der Waals surface area contributed by atoms with Crippen LogP contribution in [-0.2, 0) is 16.2 Å². The van der Waals surface area contributed by atoms with Gasteiger partial charge < -0.3 is 20.7 Å². The van der Waals surface area contributed by atoms with Crippen molar-refractivity contribution in [3.63, 3.8) is 0 Å². The van der Waals surface area contributed by atoms with Crippen LogP contribution < -0.4 is 20.7 Å². The summed E-state index contributed by atoms with van der Waals surface area (Å²) in [4.78, 5) is 24.4. The minimum absolute atomic E-state index is 0.0687. The molecule has 0 unspecified atom stereocenters. The Morgan fingerprint density at radius 1 is 0.875 bits per heavy atom. The van der Waals surface area contributed by atoms with Crippen molar-refractivity contribution < 1.29 is 14.3 Å². The van der Waals surface area contributed by atoms with Gasteiger partial charge in [0.1, 0.15) is 12.4 Å². The molecule has 0 bridgehead atoms. The molecule has 3 aromatic carbocycles. The van der Waals surface area contributed by atoms with Crippen LogP contribution in [-0.4, -0.2) is 18.4 Å². The van der Waals surface area contributed by atoms with Gasteiger partial charge in [-0.2, -0.15) is 0 Å². The Kier molecular flexibility index (Phi) is 6.70. The maximum atomic E-state index is 12.4. The fourth-order valence-corrected chi connectivity index (χ4v) is 3.30. The van der Waals surface area contributed by atoms with Crippen LogP contribution in [0.25, 0.3) is 0 Å². The summed E-state index contributed by atoms with van der Waals surface area (Å²) < 4.78 is 5.77. The fourth-order valence-electron chi connectivity index (χ4n) is 3.30. The standard InChI is InChI=1S/C26H27N3O3/c1-18-23(8-5-9-24(18)29-26(31)20-10-11-20)27-16-25(30)28-21-12-14-22(15-13-21)32-17-19-6-3-2-4-7-19/h2-9,12-15,20,27H,10-11,16-17H2,1H3,(H,28,30)(H,29,31). The smallest absolute Gasteiger partial charge is 0.243 e. The normalized spacial score (nSPS) is 12.7. The van der Waals surface area contributed by atoms with Gasteiger partial charge in [0.15, 0.2) is 0 Å². The fraction of sp³-hybridized carbons (Fsp3) is 0.231. The number of hydrogen-bond donors (Lipinski definition) is 3. The molecule has 164 valence electrons. The lowest BCUT2D eigenvalue weighted by atomic mass is 10.1. The number of anilines is 3. The summed E-state index contributed by atoms with van der Waals surface area (Å²) in [6.07, 6.45) is 1.92. The van der Waals surface area contributed by atoms with E-state index in [-0.39, 0.29) is 24.3 Å². The number of nitrogens with one attached hydrogen (secondary N) is 3. The van der Waals surface area contributed by atoms with Crippen LogP contribution in [0.4, 0.5) is 17.1 Å². The first-order valence-corrected chi connectivity index (χ1v) is 10.8. The Bertz CT molecular complexity index is 1080. The maximum Gasteiger partial charge on any atom is 0.243 e. The number of carbonyl (C=O) groups excluding carboxylic acids is 2. The van der Waals surface area contributed by atoms with Crippen molar-refractivity contribution in [2.24, 2.45) is 5.92 Å². The molecule has 4 rings (SSSR count). The summed E-state index contributed by atoms with van der Waals surface area (Å²) in [6, 6.07) is 22.9. The molecule has 6 heteroatoms. The Morgan fingerprint density at radius 2 is 1.59 bits per heavy atom. The first-order chi connectivity index (χ1) is 15.6. The molecular weight excluding hydrogens is 402 g/mol. The van der Waals surface area contributed by atoms with Crippen molar-refractivity contribution in [3.05, 3.63) is 83.9 Å². The second-order valence-electron chi connectivity index (χ2n) is 7.94. The molecule has 0 spiro atoms. The summed E-state index contributed by atoms with van der Waals surface area (Å²) in [7, 11) is 0. The van der Waals surface area contributed by atoms with Gasteiger partial charge in [0.2, 0.25) is 11.8 Å². The number of amides is 2. The second-order valence-corrected chi connectivity index (χ2v) is 7.94. The van der Waals surface area contributed by atoms with Crippen LogP contribution in [0.2, 0.25) is 0 Å². The zero-order valence-electron chi connectivity index (χ0n) is 18.1. The number of rotatable bonds is 9. The van der Waals surface area contributed by atoms with Crippen LogP contribution in [0, 0.1) is 12.8 Å². The zero-order chi connectivity index (χ0) is 22.3. The number of ether oxygens (including phenoxy) is 1. The van der Waals surface area contributed by atoms with Gasteiger partial charge in [-0.05, 0) is 67.3 Å². The van der Waals surface area contributed by atoms with Gasteiger partial charge in [-0.1, -0.05) is 36.4 Å². The first-order valence-electron chi connectivity index (χ1n) is 10.8. The van der Waals surface area contributed by atoms with Gasteiger partial charge in [0.25, 0.3) is 0 Å². The molecule has 3 aromatic rings. The van der Waals surface area contributed by atoms with Gasteiger partial charge in [0.05, 0.1) is 6.54 Å². The quantitative estimate of drug-likeness (QED) is 0.449. The highest BCUT2D eigenvalue weighted by molar-refractivity contribution is 5.96. The highest BCUT2D eigenvalue weighted by Gasteiger charge is 2.29. The second kappa shape index (κ2) is 10.0. The lowest BCUT2D eigenvalue weighted by molar-refractivity contribution is -0.117. The maximum absolute atomic E-state index is 12.4. The molecule has 1 aliphatic carbocycles. The molecule has 0 saturated heterocycles. The molecule has 32 heavy (non-hydrogen) atoms. The van der Waals surface area contributed by atoms with Crippen LogP contribution in [0.3, 0.4) is 0 Å². The monoisotopic (exact) mass is 429 g/mol. The lowest BCUT2D eigenvalue weighted by Crippen LogP contribution is -2.22. The molecule has 1 fully saturated rings. The van der Waals surface area contributed by atoms with E-state index in [9.17, 15) is 9.59 Å². The lowest BCUT2D eigenvalue weighted by Gasteiger charge is -2.14. The molecule has 3 N–H and O–H groups in total. The van der Waals surface area contributed by atoms with Gasteiger partial charge in [-0.15, -0.1) is 0 Å². The van der Waals surface area contributed by atoms with Crippen LogP contribution in [0.15, 0.2) is 72.8 Å². The van der Waals surface area contributed by atoms with Gasteiger partial charge in [0, 0.05) is 23.0 Å². The van der Waals surface area contributed by atoms with E-state index in [1.54, 1.807) is 0 Å². The molecule has 0 radical (unpaired) electrons. The van der Waals surface area contributed by atoms with E-state index < -0.39 is 0 Å². The summed E-state index contributed by atoms with van der Waals surface area (Å²) in [5.41, 5.74) is 4.31. The van der Waals surface area contributed by atoms with Gasteiger partial charge >= 0.3 is 0 Å². The molecule has 2 amide bonds. The molecule has 0 heterocycles. The minimum Gasteiger partial charge on any atom is -0.489 e. The summed E-state index contributed by atoms with van der Waals surface area (Å²) in [5.74, 6) is 0.798. The third kappa shape index (κ3) is 5.88. The van der Waals surface area contributed by atoms with Crippen molar-refractivity contribution in [2.45, 2.75) is 26.4 Å². The van der Waals surface area contributed by atoms with E-state index in [1.165, 1.54) is 0 Å². The number of carbonyl (C=O) groups is 2. The molecule has 0 atom stereocenters. The molecular formula is C26H27N3O3. The van der Waals surface area contributed by atoms with Crippen molar-refractivity contribution in [1.29, 1.82) is 0 Å².